The molecule has 0 aliphatic carbocycles. The van der Waals surface area contributed by atoms with Gasteiger partial charge in [-0.25, -0.2) is 0 Å². The summed E-state index contributed by atoms with van der Waals surface area (Å²) in [5, 5.41) is 0.772. The molecule has 1 aromatic rings. The molecule has 0 aliphatic heterocycles. The average Bonchev–Trinajstić information content (AvgIpc) is 2.20. The molecule has 5 heteroatoms. The summed E-state index contributed by atoms with van der Waals surface area (Å²) in [6.45, 7) is 0.878. The lowest BCUT2D eigenvalue weighted by Crippen LogP contribution is -2.43. The van der Waals surface area contributed by atoms with Crippen molar-refractivity contribution >= 4 is 27.5 Å². The van der Waals surface area contributed by atoms with Crippen LogP contribution >= 0.6 is 27.5 Å². The number of hydrogen-bond donors (Lipinski definition) is 2. The van der Waals surface area contributed by atoms with Crippen LogP contribution in [0.1, 0.15) is 5.56 Å². The van der Waals surface area contributed by atoms with Crippen molar-refractivity contribution in [3.05, 3.63) is 33.3 Å². The molecule has 0 aliphatic rings. The molecule has 0 fully saturated rings. The Hall–Kier alpha value is -0.130. The van der Waals surface area contributed by atoms with Crippen LogP contribution in [0.25, 0.3) is 0 Å². The van der Waals surface area contributed by atoms with Gasteiger partial charge in [-0.05, 0) is 38.2 Å². The van der Waals surface area contributed by atoms with Crippen LogP contribution < -0.4 is 11.3 Å². The molecule has 0 saturated carbocycles. The highest BCUT2D eigenvalue weighted by Gasteiger charge is 2.11. The lowest BCUT2D eigenvalue weighted by Gasteiger charge is -2.20. The number of benzene rings is 1. The van der Waals surface area contributed by atoms with E-state index in [2.05, 4.69) is 26.3 Å². The van der Waals surface area contributed by atoms with E-state index in [9.17, 15) is 0 Å². The first-order chi connectivity index (χ1) is 7.52. The van der Waals surface area contributed by atoms with E-state index in [4.69, 9.17) is 17.4 Å². The number of likely N-dealkylation sites (N-methyl/N-ethyl adjacent to an activating group) is 1. The summed E-state index contributed by atoms with van der Waals surface area (Å²) in [6, 6.07) is 6.12. The van der Waals surface area contributed by atoms with Crippen molar-refractivity contribution < 1.29 is 0 Å². The second kappa shape index (κ2) is 6.57. The van der Waals surface area contributed by atoms with E-state index in [1.165, 1.54) is 0 Å². The molecule has 0 aromatic heterocycles. The predicted molar refractivity (Wildman–Crippen MR) is 72.5 cm³/mol. The summed E-state index contributed by atoms with van der Waals surface area (Å²) in [7, 11) is 4.04. The average molecular weight is 307 g/mol. The molecule has 1 rings (SSSR count). The lowest BCUT2D eigenvalue weighted by molar-refractivity contribution is 0.338. The molecule has 16 heavy (non-hydrogen) atoms. The molecule has 1 aromatic carbocycles. The first-order valence-electron chi connectivity index (χ1n) is 5.07. The minimum absolute atomic E-state index is 0.202. The third kappa shape index (κ3) is 4.39. The van der Waals surface area contributed by atoms with E-state index in [1.807, 2.05) is 32.3 Å². The van der Waals surface area contributed by atoms with Gasteiger partial charge in [-0.2, -0.15) is 0 Å². The van der Waals surface area contributed by atoms with Gasteiger partial charge in [-0.15, -0.1) is 0 Å². The van der Waals surface area contributed by atoms with Crippen LogP contribution in [0.15, 0.2) is 22.7 Å². The molecule has 0 heterocycles. The molecule has 0 radical (unpaired) electrons. The summed E-state index contributed by atoms with van der Waals surface area (Å²) < 4.78 is 0.992. The zero-order valence-electron chi connectivity index (χ0n) is 9.50. The maximum atomic E-state index is 6.15. The Bertz CT molecular complexity index is 344. The van der Waals surface area contributed by atoms with E-state index in [-0.39, 0.29) is 6.04 Å². The highest BCUT2D eigenvalue weighted by Crippen LogP contribution is 2.22. The third-order valence-corrected chi connectivity index (χ3v) is 3.15. The van der Waals surface area contributed by atoms with Crippen molar-refractivity contribution in [2.24, 2.45) is 5.84 Å². The number of halogens is 2. The van der Waals surface area contributed by atoms with Crippen LogP contribution in [0.2, 0.25) is 5.02 Å². The van der Waals surface area contributed by atoms with Gasteiger partial charge in [-0.3, -0.25) is 11.3 Å². The van der Waals surface area contributed by atoms with Gasteiger partial charge >= 0.3 is 0 Å². The summed E-state index contributed by atoms with van der Waals surface area (Å²) in [4.78, 5) is 2.09. The van der Waals surface area contributed by atoms with Crippen molar-refractivity contribution in [2.75, 3.05) is 20.6 Å². The fraction of sp³-hybridized carbons (Fsp3) is 0.455. The SMILES string of the molecule is CN(C)CC(Cc1ccc(Br)cc1Cl)NN. The van der Waals surface area contributed by atoms with Crippen molar-refractivity contribution in [1.29, 1.82) is 0 Å². The first kappa shape index (κ1) is 13.9. The number of nitrogens with zero attached hydrogens (tertiary/aromatic N) is 1. The maximum absolute atomic E-state index is 6.15. The van der Waals surface area contributed by atoms with E-state index in [1.54, 1.807) is 0 Å². The summed E-state index contributed by atoms with van der Waals surface area (Å²) >= 11 is 9.54. The van der Waals surface area contributed by atoms with Gasteiger partial charge in [0.2, 0.25) is 0 Å². The molecule has 0 amide bonds. The topological polar surface area (TPSA) is 41.3 Å². The normalized spacial score (nSPS) is 13.1. The molecule has 0 saturated heterocycles. The lowest BCUT2D eigenvalue weighted by atomic mass is 10.1. The molecule has 3 nitrogen and oxygen atoms in total. The largest absolute Gasteiger partial charge is 0.308 e. The second-order valence-electron chi connectivity index (χ2n) is 4.07. The summed E-state index contributed by atoms with van der Waals surface area (Å²) in [5.74, 6) is 5.52. The highest BCUT2D eigenvalue weighted by molar-refractivity contribution is 9.10. The Morgan fingerprint density at radius 3 is 2.69 bits per heavy atom. The molecule has 3 N–H and O–H groups in total. The molecular formula is C11H17BrClN3. The zero-order chi connectivity index (χ0) is 12.1. The van der Waals surface area contributed by atoms with E-state index < -0.39 is 0 Å². The van der Waals surface area contributed by atoms with Gasteiger partial charge in [0.25, 0.3) is 0 Å². The molecule has 0 bridgehead atoms. The zero-order valence-corrected chi connectivity index (χ0v) is 11.8. The summed E-state index contributed by atoms with van der Waals surface area (Å²) in [6.07, 6.45) is 0.820. The summed E-state index contributed by atoms with van der Waals surface area (Å²) in [5.41, 5.74) is 3.92. The molecule has 90 valence electrons. The van der Waals surface area contributed by atoms with Crippen LogP contribution in [-0.4, -0.2) is 31.6 Å². The standard InChI is InChI=1S/C11H17BrClN3/c1-16(2)7-10(15-14)5-8-3-4-9(12)6-11(8)13/h3-4,6,10,15H,5,7,14H2,1-2H3. The van der Waals surface area contributed by atoms with Crippen LogP contribution in [0.4, 0.5) is 0 Å². The number of nitrogens with one attached hydrogen (secondary N) is 1. The van der Waals surface area contributed by atoms with E-state index >= 15 is 0 Å². The van der Waals surface area contributed by atoms with Gasteiger partial charge in [0.15, 0.2) is 0 Å². The molecular weight excluding hydrogens is 289 g/mol. The van der Waals surface area contributed by atoms with Crippen molar-refractivity contribution in [1.82, 2.24) is 10.3 Å². The highest BCUT2D eigenvalue weighted by atomic mass is 79.9. The number of rotatable bonds is 5. The number of hydrazine groups is 1. The molecule has 1 unspecified atom stereocenters. The smallest absolute Gasteiger partial charge is 0.0449 e. The quantitative estimate of drug-likeness (QED) is 0.646. The monoisotopic (exact) mass is 305 g/mol. The van der Waals surface area contributed by atoms with Gasteiger partial charge in [0, 0.05) is 22.1 Å². The van der Waals surface area contributed by atoms with Crippen molar-refractivity contribution in [2.45, 2.75) is 12.5 Å². The Morgan fingerprint density at radius 2 is 2.19 bits per heavy atom. The van der Waals surface area contributed by atoms with Crippen molar-refractivity contribution in [3.8, 4) is 0 Å². The van der Waals surface area contributed by atoms with Gasteiger partial charge < -0.3 is 4.90 Å². The Kier molecular flexibility index (Phi) is 5.72. The van der Waals surface area contributed by atoms with Crippen molar-refractivity contribution in [3.63, 3.8) is 0 Å². The van der Waals surface area contributed by atoms with Crippen LogP contribution in [-0.2, 0) is 6.42 Å². The van der Waals surface area contributed by atoms with E-state index in [0.29, 0.717) is 0 Å². The second-order valence-corrected chi connectivity index (χ2v) is 5.39. The van der Waals surface area contributed by atoms with Crippen LogP contribution in [0.5, 0.6) is 0 Å². The molecule has 0 spiro atoms. The van der Waals surface area contributed by atoms with Crippen LogP contribution in [0, 0.1) is 0 Å². The fourth-order valence-electron chi connectivity index (χ4n) is 1.57. The Labute approximate surface area is 110 Å². The first-order valence-corrected chi connectivity index (χ1v) is 6.25. The van der Waals surface area contributed by atoms with Gasteiger partial charge in [-0.1, -0.05) is 33.6 Å². The predicted octanol–water partition coefficient (Wildman–Crippen LogP) is 2.04. The minimum Gasteiger partial charge on any atom is -0.308 e. The third-order valence-electron chi connectivity index (χ3n) is 2.30. The fourth-order valence-corrected chi connectivity index (χ4v) is 2.32. The van der Waals surface area contributed by atoms with Gasteiger partial charge in [0.05, 0.1) is 0 Å². The minimum atomic E-state index is 0.202. The van der Waals surface area contributed by atoms with Gasteiger partial charge in [0.1, 0.15) is 0 Å². The number of nitrogens with two attached hydrogens (primary N) is 1. The van der Waals surface area contributed by atoms with E-state index in [0.717, 1.165) is 28.0 Å². The van der Waals surface area contributed by atoms with Crippen LogP contribution in [0.3, 0.4) is 0 Å². The Balaban J connectivity index is 2.70. The maximum Gasteiger partial charge on any atom is 0.0449 e. The molecule has 1 atom stereocenters. The number of hydrogen-bond acceptors (Lipinski definition) is 3. The Morgan fingerprint density at radius 1 is 1.50 bits per heavy atom.